The number of ether oxygens (including phenoxy) is 7. The molecule has 7 rings (SSSR count). The van der Waals surface area contributed by atoms with Crippen molar-refractivity contribution in [1.29, 1.82) is 0 Å². The molecular weight excluding hydrogens is 736 g/mol. The Morgan fingerprint density at radius 3 is 1.95 bits per heavy atom. The van der Waals surface area contributed by atoms with Crippen molar-refractivity contribution in [2.45, 2.75) is 184 Å². The molecule has 7 aliphatic rings. The van der Waals surface area contributed by atoms with Crippen LogP contribution in [0.15, 0.2) is 11.6 Å². The highest BCUT2D eigenvalue weighted by atomic mass is 16.8. The zero-order chi connectivity index (χ0) is 40.6. The van der Waals surface area contributed by atoms with Crippen LogP contribution in [0.1, 0.15) is 79.6 Å². The Bertz CT molecular complexity index is 1430. The summed E-state index contributed by atoms with van der Waals surface area (Å²) in [4.78, 5) is 12.9. The Balaban J connectivity index is 1.11. The van der Waals surface area contributed by atoms with Crippen LogP contribution >= 0.6 is 0 Å². The van der Waals surface area contributed by atoms with Gasteiger partial charge in [-0.2, -0.15) is 0 Å². The summed E-state index contributed by atoms with van der Waals surface area (Å²) in [7, 11) is 1.71. The molecule has 8 N–H and O–H groups in total. The van der Waals surface area contributed by atoms with E-state index in [-0.39, 0.29) is 28.6 Å². The fourth-order valence-electron chi connectivity index (χ4n) is 11.9. The number of rotatable bonds is 9. The van der Waals surface area contributed by atoms with Crippen molar-refractivity contribution in [2.75, 3.05) is 13.7 Å². The average Bonchev–Trinajstić information content (AvgIpc) is 3.49. The summed E-state index contributed by atoms with van der Waals surface area (Å²) in [6, 6.07) is 0. The molecule has 0 amide bonds. The second-order valence-electron chi connectivity index (χ2n) is 18.2. The van der Waals surface area contributed by atoms with E-state index in [2.05, 4.69) is 19.9 Å². The van der Waals surface area contributed by atoms with E-state index in [4.69, 9.17) is 33.2 Å². The van der Waals surface area contributed by atoms with Crippen molar-refractivity contribution in [3.63, 3.8) is 0 Å². The summed E-state index contributed by atoms with van der Waals surface area (Å²) in [5.74, 6) is 1.33. The zero-order valence-corrected chi connectivity index (χ0v) is 33.2. The number of aliphatic hydroxyl groups is 8. The Morgan fingerprint density at radius 1 is 0.768 bits per heavy atom. The van der Waals surface area contributed by atoms with Crippen molar-refractivity contribution < 1.29 is 78.8 Å². The van der Waals surface area contributed by atoms with Crippen LogP contribution < -0.4 is 0 Å². The van der Waals surface area contributed by atoms with Crippen LogP contribution in [0.25, 0.3) is 0 Å². The molecule has 3 saturated carbocycles. The van der Waals surface area contributed by atoms with E-state index in [1.54, 1.807) is 14.0 Å². The van der Waals surface area contributed by atoms with Crippen molar-refractivity contribution in [2.24, 2.45) is 34.5 Å². The molecule has 320 valence electrons. The summed E-state index contributed by atoms with van der Waals surface area (Å²) in [5.41, 5.74) is 1.10. The van der Waals surface area contributed by atoms with Gasteiger partial charge in [0, 0.05) is 13.0 Å². The predicted octanol–water partition coefficient (Wildman–Crippen LogP) is -0.332. The van der Waals surface area contributed by atoms with E-state index < -0.39 is 105 Å². The fourth-order valence-corrected chi connectivity index (χ4v) is 11.9. The minimum atomic E-state index is -1.72. The first-order valence-electron chi connectivity index (χ1n) is 20.5. The van der Waals surface area contributed by atoms with Crippen LogP contribution in [0.4, 0.5) is 0 Å². The van der Waals surface area contributed by atoms with Crippen LogP contribution in [0.5, 0.6) is 0 Å². The number of carbonyl (C=O) groups excluding carboxylic acids is 1. The Hall–Kier alpha value is -1.19. The Kier molecular flexibility index (Phi) is 12.5. The van der Waals surface area contributed by atoms with Crippen molar-refractivity contribution in [1.82, 2.24) is 0 Å². The quantitative estimate of drug-likeness (QED) is 0.139. The molecule has 0 bridgehead atoms. The van der Waals surface area contributed by atoms with E-state index >= 15 is 0 Å². The molecule has 4 aliphatic carbocycles. The third-order valence-electron chi connectivity index (χ3n) is 15.1. The Labute approximate surface area is 328 Å². The zero-order valence-electron chi connectivity index (χ0n) is 33.2. The number of hydrogen-bond acceptors (Lipinski definition) is 16. The maximum atomic E-state index is 12.9. The lowest BCUT2D eigenvalue weighted by molar-refractivity contribution is -0.388. The largest absolute Gasteiger partial charge is 0.394 e. The second-order valence-corrected chi connectivity index (χ2v) is 18.2. The molecule has 3 aliphatic heterocycles. The second kappa shape index (κ2) is 16.3. The van der Waals surface area contributed by atoms with Gasteiger partial charge in [-0.25, -0.2) is 0 Å². The first-order chi connectivity index (χ1) is 26.4. The van der Waals surface area contributed by atoms with Gasteiger partial charge in [0.25, 0.3) is 0 Å². The molecule has 6 fully saturated rings. The summed E-state index contributed by atoms with van der Waals surface area (Å²) in [6.45, 7) is 8.64. The number of fused-ring (bicyclic) bond motifs is 5. The molecule has 23 atom stereocenters. The minimum Gasteiger partial charge on any atom is -0.394 e. The van der Waals surface area contributed by atoms with Gasteiger partial charge in [0.2, 0.25) is 0 Å². The minimum absolute atomic E-state index is 0.0719. The monoisotopic (exact) mass is 800 g/mol. The molecular formula is C40H64O16. The summed E-state index contributed by atoms with van der Waals surface area (Å²) < 4.78 is 42.2. The highest BCUT2D eigenvalue weighted by Gasteiger charge is 2.63. The molecule has 0 aromatic carbocycles. The third kappa shape index (κ3) is 7.25. The normalized spacial score (nSPS) is 54.8. The molecule has 3 heterocycles. The smallest absolute Gasteiger partial charge is 0.187 e. The lowest BCUT2D eigenvalue weighted by Gasteiger charge is -2.58. The van der Waals surface area contributed by atoms with Gasteiger partial charge in [-0.15, -0.1) is 0 Å². The average molecular weight is 801 g/mol. The fraction of sp³-hybridized carbons (Fsp3) is 0.925. The topological polar surface area (TPSA) is 244 Å². The van der Waals surface area contributed by atoms with Gasteiger partial charge in [-0.05, 0) is 94.3 Å². The summed E-state index contributed by atoms with van der Waals surface area (Å²) in [6.07, 6.45) is -13.9. The lowest BCUT2D eigenvalue weighted by Crippen LogP contribution is -2.66. The highest BCUT2D eigenvalue weighted by molar-refractivity contribution is 5.80. The van der Waals surface area contributed by atoms with Crippen molar-refractivity contribution >= 4 is 5.78 Å². The van der Waals surface area contributed by atoms with Gasteiger partial charge >= 0.3 is 0 Å². The lowest BCUT2D eigenvalue weighted by atomic mass is 9.47. The van der Waals surface area contributed by atoms with Gasteiger partial charge < -0.3 is 74.0 Å². The SMILES string of the molecule is CO[C@H]1C[C@H]2[C@@H]3CC=C4CC(OC5O[C@H](CO)[C@H](OC6OC(C)[C@H](O)[C@@H](O)[C@H]6O)[C@H](O)[C@H]5OC5OC(C)[C@@H](O)[C@H](O)[C@@H]5O)CC[C@]4(C)[C@H]3CC[C@]2(C)C1C(C)=O. The highest BCUT2D eigenvalue weighted by Crippen LogP contribution is 2.66. The molecule has 0 aromatic heterocycles. The number of aliphatic hydroxyl groups excluding tert-OH is 8. The maximum absolute atomic E-state index is 12.9. The van der Waals surface area contributed by atoms with E-state index in [1.165, 1.54) is 19.4 Å². The summed E-state index contributed by atoms with van der Waals surface area (Å²) >= 11 is 0. The van der Waals surface area contributed by atoms with Crippen LogP contribution in [0, 0.1) is 34.5 Å². The van der Waals surface area contributed by atoms with E-state index in [0.717, 1.165) is 32.1 Å². The van der Waals surface area contributed by atoms with Crippen molar-refractivity contribution in [3.05, 3.63) is 11.6 Å². The number of ketones is 1. The van der Waals surface area contributed by atoms with E-state index in [1.807, 2.05) is 0 Å². The Morgan fingerprint density at radius 2 is 1.38 bits per heavy atom. The van der Waals surface area contributed by atoms with E-state index in [0.29, 0.717) is 30.6 Å². The van der Waals surface area contributed by atoms with Gasteiger partial charge in [0.05, 0.1) is 31.0 Å². The van der Waals surface area contributed by atoms with E-state index in [9.17, 15) is 45.6 Å². The van der Waals surface area contributed by atoms with Gasteiger partial charge in [0.1, 0.15) is 66.8 Å². The first-order valence-corrected chi connectivity index (χ1v) is 20.5. The maximum Gasteiger partial charge on any atom is 0.187 e. The van der Waals surface area contributed by atoms with Crippen molar-refractivity contribution in [3.8, 4) is 0 Å². The predicted molar refractivity (Wildman–Crippen MR) is 193 cm³/mol. The first kappa shape index (κ1) is 42.9. The van der Waals surface area contributed by atoms with Gasteiger partial charge in [-0.1, -0.05) is 25.5 Å². The van der Waals surface area contributed by atoms with Crippen LogP contribution in [0.3, 0.4) is 0 Å². The molecule has 3 saturated heterocycles. The summed E-state index contributed by atoms with van der Waals surface area (Å²) in [5, 5.41) is 85.4. The molecule has 16 nitrogen and oxygen atoms in total. The standard InChI is InChI=1S/C40H64O16/c1-16(42)26-24(50-6)14-23-21-8-7-19-13-20(9-11-39(19,4)22(21)10-12-40(23,26)5)53-38-35(56-37-32(48)30(46)28(44)18(3)52-37)33(49)34(25(15-41)54-38)55-36-31(47)29(45)27(43)17(2)51-36/h7,17-18,20-38,41,43-49H,8-15H2,1-6H3/t17?,18?,20?,21-,22+,23+,24+,25-,26?,27+,28-,29-,30+,31-,32+,33+,34+,35-,36?,37?,38?,39+,40+/m1/s1. The number of carbonyl (C=O) groups is 1. The molecule has 0 radical (unpaired) electrons. The number of allylic oxidation sites excluding steroid dienone is 1. The van der Waals surface area contributed by atoms with Gasteiger partial charge in [-0.3, -0.25) is 4.79 Å². The molecule has 0 spiro atoms. The molecule has 16 heteroatoms. The third-order valence-corrected chi connectivity index (χ3v) is 15.1. The molecule has 7 unspecified atom stereocenters. The number of Topliss-reactive ketones (excluding diaryl/α,β-unsaturated/α-hetero) is 1. The molecule has 0 aromatic rings. The van der Waals surface area contributed by atoms with Crippen LogP contribution in [0.2, 0.25) is 0 Å². The van der Waals surface area contributed by atoms with Crippen LogP contribution in [-0.2, 0) is 38.0 Å². The van der Waals surface area contributed by atoms with Gasteiger partial charge in [0.15, 0.2) is 18.9 Å². The number of methoxy groups -OCH3 is 1. The van der Waals surface area contributed by atoms with Crippen LogP contribution in [-0.4, -0.2) is 165 Å². The number of hydrogen-bond donors (Lipinski definition) is 8. The molecule has 56 heavy (non-hydrogen) atoms.